The molecule has 0 unspecified atom stereocenters. The predicted molar refractivity (Wildman–Crippen MR) is 104 cm³/mol. The van der Waals surface area contributed by atoms with Crippen LogP contribution in [-0.2, 0) is 19.5 Å². The summed E-state index contributed by atoms with van der Waals surface area (Å²) in [5.74, 6) is 7.46. The zero-order valence-corrected chi connectivity index (χ0v) is 15.4. The van der Waals surface area contributed by atoms with E-state index in [0.29, 0.717) is 31.3 Å². The molecule has 0 atom stereocenters. The first-order valence-electron chi connectivity index (χ1n) is 8.84. The van der Waals surface area contributed by atoms with Crippen molar-refractivity contribution in [1.82, 2.24) is 9.88 Å². The highest BCUT2D eigenvalue weighted by Gasteiger charge is 2.18. The number of ether oxygens (including phenoxy) is 1. The second-order valence-corrected chi connectivity index (χ2v) is 6.37. The molecule has 2 aromatic carbocycles. The van der Waals surface area contributed by atoms with Crippen LogP contribution in [0.5, 0.6) is 5.75 Å². The maximum atomic E-state index is 13.0. The second-order valence-electron chi connectivity index (χ2n) is 6.37. The second kappa shape index (κ2) is 7.97. The summed E-state index contributed by atoms with van der Waals surface area (Å²) in [6, 6.07) is 14.2. The van der Waals surface area contributed by atoms with Gasteiger partial charge in [-0.25, -0.2) is 14.4 Å². The summed E-state index contributed by atoms with van der Waals surface area (Å²) in [6.45, 7) is 1.19. The SMILES string of the molecule is COc1ccc(CC#Cc2nc3c(o2)N=CN(Cc2ccc(F)cc2)C3)cc1. The molecule has 0 aliphatic carbocycles. The van der Waals surface area contributed by atoms with Crippen LogP contribution in [0, 0.1) is 17.7 Å². The molecule has 1 aliphatic heterocycles. The molecule has 6 heteroatoms. The Kier molecular flexibility index (Phi) is 5.07. The maximum Gasteiger partial charge on any atom is 0.275 e. The van der Waals surface area contributed by atoms with Crippen molar-refractivity contribution < 1.29 is 13.5 Å². The summed E-state index contributed by atoms with van der Waals surface area (Å²) in [4.78, 5) is 10.7. The number of hydrogen-bond donors (Lipinski definition) is 0. The van der Waals surface area contributed by atoms with Crippen LogP contribution in [0.1, 0.15) is 22.7 Å². The Labute approximate surface area is 162 Å². The van der Waals surface area contributed by atoms with E-state index in [2.05, 4.69) is 21.8 Å². The smallest absolute Gasteiger partial charge is 0.275 e. The number of benzene rings is 2. The number of halogens is 1. The first kappa shape index (κ1) is 17.8. The van der Waals surface area contributed by atoms with Gasteiger partial charge >= 0.3 is 0 Å². The third-order valence-electron chi connectivity index (χ3n) is 4.31. The number of fused-ring (bicyclic) bond motifs is 1. The van der Waals surface area contributed by atoms with Gasteiger partial charge in [-0.05, 0) is 41.3 Å². The van der Waals surface area contributed by atoms with Gasteiger partial charge < -0.3 is 14.1 Å². The van der Waals surface area contributed by atoms with Gasteiger partial charge in [0.15, 0.2) is 0 Å². The van der Waals surface area contributed by atoms with E-state index in [1.807, 2.05) is 29.2 Å². The van der Waals surface area contributed by atoms with Crippen molar-refractivity contribution in [2.75, 3.05) is 7.11 Å². The lowest BCUT2D eigenvalue weighted by molar-refractivity contribution is 0.404. The Hall–Kier alpha value is -3.59. The molecule has 0 radical (unpaired) electrons. The highest BCUT2D eigenvalue weighted by atomic mass is 19.1. The molecule has 4 rings (SSSR count). The van der Waals surface area contributed by atoms with Crippen molar-refractivity contribution in [3.05, 3.63) is 77.1 Å². The molecule has 0 N–H and O–H groups in total. The molecule has 0 saturated heterocycles. The number of aromatic nitrogens is 1. The lowest BCUT2D eigenvalue weighted by atomic mass is 10.1. The molecule has 1 aliphatic rings. The Morgan fingerprint density at radius 3 is 2.61 bits per heavy atom. The number of nitrogens with zero attached hydrogens (tertiary/aromatic N) is 3. The summed E-state index contributed by atoms with van der Waals surface area (Å²) in [6.07, 6.45) is 2.31. The normalized spacial score (nSPS) is 12.3. The summed E-state index contributed by atoms with van der Waals surface area (Å²) in [5, 5.41) is 0. The lowest BCUT2D eigenvalue weighted by Crippen LogP contribution is -2.23. The van der Waals surface area contributed by atoms with Gasteiger partial charge in [-0.3, -0.25) is 0 Å². The topological polar surface area (TPSA) is 50.9 Å². The number of aliphatic imine (C=N–C) groups is 1. The number of rotatable bonds is 4. The van der Waals surface area contributed by atoms with E-state index in [4.69, 9.17) is 9.15 Å². The number of methoxy groups -OCH3 is 1. The fraction of sp³-hybridized carbons (Fsp3) is 0.182. The minimum atomic E-state index is -0.243. The molecule has 0 saturated carbocycles. The monoisotopic (exact) mass is 375 g/mol. The van der Waals surface area contributed by atoms with Gasteiger partial charge in [0.05, 0.1) is 20.0 Å². The van der Waals surface area contributed by atoms with Gasteiger partial charge in [-0.2, -0.15) is 0 Å². The summed E-state index contributed by atoms with van der Waals surface area (Å²) >= 11 is 0. The van der Waals surface area contributed by atoms with Gasteiger partial charge in [0, 0.05) is 13.0 Å². The van der Waals surface area contributed by atoms with Crippen LogP contribution in [0.25, 0.3) is 0 Å². The summed E-state index contributed by atoms with van der Waals surface area (Å²) in [7, 11) is 1.64. The van der Waals surface area contributed by atoms with Crippen molar-refractivity contribution >= 4 is 12.2 Å². The molecule has 140 valence electrons. The highest BCUT2D eigenvalue weighted by molar-refractivity contribution is 5.63. The van der Waals surface area contributed by atoms with Crippen LogP contribution in [-0.4, -0.2) is 23.3 Å². The van der Waals surface area contributed by atoms with E-state index in [9.17, 15) is 4.39 Å². The van der Waals surface area contributed by atoms with E-state index in [0.717, 1.165) is 22.6 Å². The van der Waals surface area contributed by atoms with Crippen molar-refractivity contribution in [2.24, 2.45) is 4.99 Å². The van der Waals surface area contributed by atoms with Crippen molar-refractivity contribution in [3.8, 4) is 17.6 Å². The molecule has 1 aromatic heterocycles. The molecule has 5 nitrogen and oxygen atoms in total. The minimum Gasteiger partial charge on any atom is -0.497 e. The number of oxazole rings is 1. The molecule has 0 fully saturated rings. The average Bonchev–Trinajstić information content (AvgIpc) is 3.12. The average molecular weight is 375 g/mol. The quantitative estimate of drug-likeness (QED) is 0.645. The predicted octanol–water partition coefficient (Wildman–Crippen LogP) is 4.09. The molecule has 0 spiro atoms. The van der Waals surface area contributed by atoms with E-state index < -0.39 is 0 Å². The van der Waals surface area contributed by atoms with Crippen LogP contribution in [0.2, 0.25) is 0 Å². The number of hydrogen-bond acceptors (Lipinski definition) is 5. The molecular weight excluding hydrogens is 357 g/mol. The molecule has 0 amide bonds. The zero-order chi connectivity index (χ0) is 19.3. The van der Waals surface area contributed by atoms with Crippen molar-refractivity contribution in [1.29, 1.82) is 0 Å². The van der Waals surface area contributed by atoms with Crippen molar-refractivity contribution in [2.45, 2.75) is 19.5 Å². The fourth-order valence-corrected chi connectivity index (χ4v) is 2.85. The third-order valence-corrected chi connectivity index (χ3v) is 4.31. The van der Waals surface area contributed by atoms with Crippen molar-refractivity contribution in [3.63, 3.8) is 0 Å². The van der Waals surface area contributed by atoms with E-state index >= 15 is 0 Å². The first-order valence-corrected chi connectivity index (χ1v) is 8.84. The first-order chi connectivity index (χ1) is 13.7. The minimum absolute atomic E-state index is 0.243. The van der Waals surface area contributed by atoms with Gasteiger partial charge in [-0.1, -0.05) is 30.2 Å². The van der Waals surface area contributed by atoms with Gasteiger partial charge in [0.2, 0.25) is 5.88 Å². The zero-order valence-electron chi connectivity index (χ0n) is 15.4. The maximum absolute atomic E-state index is 13.0. The van der Waals surface area contributed by atoms with Crippen LogP contribution >= 0.6 is 0 Å². The summed E-state index contributed by atoms with van der Waals surface area (Å²) in [5.41, 5.74) is 2.84. The Balaban J connectivity index is 1.39. The molecule has 2 heterocycles. The molecular formula is C22H18FN3O2. The third kappa shape index (κ3) is 4.21. The molecule has 0 bridgehead atoms. The Morgan fingerprint density at radius 1 is 1.11 bits per heavy atom. The van der Waals surface area contributed by atoms with Gasteiger partial charge in [0.25, 0.3) is 5.89 Å². The van der Waals surface area contributed by atoms with E-state index in [1.165, 1.54) is 12.1 Å². The van der Waals surface area contributed by atoms with Crippen LogP contribution in [0.3, 0.4) is 0 Å². The Morgan fingerprint density at radius 2 is 1.86 bits per heavy atom. The van der Waals surface area contributed by atoms with Crippen LogP contribution in [0.15, 0.2) is 57.9 Å². The molecule has 3 aromatic rings. The Bertz CT molecular complexity index is 1040. The van der Waals surface area contributed by atoms with E-state index in [-0.39, 0.29) is 5.82 Å². The standard InChI is InChI=1S/C22H18FN3O2/c1-27-19-11-7-16(8-12-19)3-2-4-21-25-20-14-26(15-24-22(20)28-21)13-17-5-9-18(23)10-6-17/h5-12,15H,3,13-14H2,1H3. The van der Waals surface area contributed by atoms with Gasteiger partial charge in [0.1, 0.15) is 17.3 Å². The largest absolute Gasteiger partial charge is 0.497 e. The van der Waals surface area contributed by atoms with E-state index in [1.54, 1.807) is 25.6 Å². The molecule has 28 heavy (non-hydrogen) atoms. The fourth-order valence-electron chi connectivity index (χ4n) is 2.85. The van der Waals surface area contributed by atoms with Gasteiger partial charge in [-0.15, -0.1) is 0 Å². The van der Waals surface area contributed by atoms with Crippen LogP contribution in [0.4, 0.5) is 10.3 Å². The summed E-state index contributed by atoms with van der Waals surface area (Å²) < 4.78 is 23.8. The van der Waals surface area contributed by atoms with Crippen LogP contribution < -0.4 is 4.74 Å². The lowest BCUT2D eigenvalue weighted by Gasteiger charge is -2.20. The highest BCUT2D eigenvalue weighted by Crippen LogP contribution is 2.25.